The summed E-state index contributed by atoms with van der Waals surface area (Å²) in [5, 5.41) is 3.34. The summed E-state index contributed by atoms with van der Waals surface area (Å²) in [5.41, 5.74) is 3.92. The molecule has 5 nitrogen and oxygen atoms in total. The number of rotatable bonds is 4. The fourth-order valence-corrected chi connectivity index (χ4v) is 2.96. The predicted molar refractivity (Wildman–Crippen MR) is 94.8 cm³/mol. The molecule has 0 fully saturated rings. The Morgan fingerprint density at radius 1 is 1.00 bits per heavy atom. The van der Waals surface area contributed by atoms with E-state index in [1.807, 2.05) is 30.6 Å². The van der Waals surface area contributed by atoms with E-state index < -0.39 is 0 Å². The minimum atomic E-state index is 0.702. The van der Waals surface area contributed by atoms with E-state index in [4.69, 9.17) is 0 Å². The van der Waals surface area contributed by atoms with Crippen molar-refractivity contribution < 1.29 is 0 Å². The fraction of sp³-hybridized carbons (Fsp3) is 0.211. The van der Waals surface area contributed by atoms with Crippen LogP contribution < -0.4 is 10.2 Å². The molecule has 0 unspecified atom stereocenters. The summed E-state index contributed by atoms with van der Waals surface area (Å²) < 4.78 is 0. The van der Waals surface area contributed by atoms with Crippen molar-refractivity contribution in [1.29, 1.82) is 0 Å². The Bertz CT molecular complexity index is 819. The van der Waals surface area contributed by atoms with Crippen molar-refractivity contribution in [3.05, 3.63) is 77.7 Å². The van der Waals surface area contributed by atoms with Crippen LogP contribution in [0.15, 0.2) is 61.1 Å². The maximum Gasteiger partial charge on any atom is 0.227 e. The standard InChI is InChI=1S/C19H19N5/c1-2-6-17-14-24(11-8-16(17)5-1)19-21-10-7-18(23-19)22-13-15-4-3-9-20-12-15/h1-7,9-10,12H,8,11,13-14H2,(H,21,22,23). The summed E-state index contributed by atoms with van der Waals surface area (Å²) >= 11 is 0. The Hall–Kier alpha value is -2.95. The Labute approximate surface area is 141 Å². The van der Waals surface area contributed by atoms with Gasteiger partial charge in [0.1, 0.15) is 5.82 Å². The van der Waals surface area contributed by atoms with Gasteiger partial charge in [-0.05, 0) is 35.2 Å². The lowest BCUT2D eigenvalue weighted by Gasteiger charge is -2.28. The number of nitrogens with zero attached hydrogens (tertiary/aromatic N) is 4. The Balaban J connectivity index is 1.47. The second kappa shape index (κ2) is 6.66. The van der Waals surface area contributed by atoms with Gasteiger partial charge in [-0.25, -0.2) is 4.98 Å². The van der Waals surface area contributed by atoms with Crippen LogP contribution in [-0.4, -0.2) is 21.5 Å². The first-order valence-corrected chi connectivity index (χ1v) is 8.16. The number of fused-ring (bicyclic) bond motifs is 1. The molecule has 0 saturated carbocycles. The van der Waals surface area contributed by atoms with Crippen LogP contribution in [0.1, 0.15) is 16.7 Å². The lowest BCUT2D eigenvalue weighted by Crippen LogP contribution is -2.31. The average Bonchev–Trinajstić information content (AvgIpc) is 2.67. The summed E-state index contributed by atoms with van der Waals surface area (Å²) in [7, 11) is 0. The zero-order valence-electron chi connectivity index (χ0n) is 13.4. The highest BCUT2D eigenvalue weighted by molar-refractivity contribution is 5.44. The first-order chi connectivity index (χ1) is 11.9. The van der Waals surface area contributed by atoms with E-state index in [0.717, 1.165) is 36.8 Å². The molecule has 1 aliphatic heterocycles. The number of hydrogen-bond donors (Lipinski definition) is 1. The summed E-state index contributed by atoms with van der Waals surface area (Å²) in [5.74, 6) is 1.61. The van der Waals surface area contributed by atoms with Crippen molar-refractivity contribution in [1.82, 2.24) is 15.0 Å². The van der Waals surface area contributed by atoms with Crippen LogP contribution in [0.2, 0.25) is 0 Å². The van der Waals surface area contributed by atoms with Gasteiger partial charge in [0.2, 0.25) is 5.95 Å². The first-order valence-electron chi connectivity index (χ1n) is 8.16. The smallest absolute Gasteiger partial charge is 0.227 e. The van der Waals surface area contributed by atoms with Gasteiger partial charge in [-0.3, -0.25) is 4.98 Å². The molecule has 0 radical (unpaired) electrons. The maximum atomic E-state index is 4.67. The molecule has 1 aliphatic rings. The SMILES string of the molecule is c1cncc(CNc2ccnc(N3CCc4ccccc4C3)n2)c1. The van der Waals surface area contributed by atoms with Crippen LogP contribution in [0.4, 0.5) is 11.8 Å². The van der Waals surface area contributed by atoms with E-state index in [0.29, 0.717) is 6.54 Å². The molecule has 1 aromatic carbocycles. The summed E-state index contributed by atoms with van der Waals surface area (Å²) in [4.78, 5) is 15.5. The molecule has 120 valence electrons. The Morgan fingerprint density at radius 2 is 1.92 bits per heavy atom. The topological polar surface area (TPSA) is 53.9 Å². The van der Waals surface area contributed by atoms with Crippen LogP contribution in [0.5, 0.6) is 0 Å². The fourth-order valence-electron chi connectivity index (χ4n) is 2.96. The predicted octanol–water partition coefficient (Wildman–Crippen LogP) is 3.05. The van der Waals surface area contributed by atoms with Crippen molar-refractivity contribution in [3.63, 3.8) is 0 Å². The average molecular weight is 317 g/mol. The van der Waals surface area contributed by atoms with Crippen molar-refractivity contribution >= 4 is 11.8 Å². The Kier molecular flexibility index (Phi) is 4.06. The summed E-state index contributed by atoms with van der Waals surface area (Å²) in [6, 6.07) is 14.5. The van der Waals surface area contributed by atoms with Gasteiger partial charge in [0, 0.05) is 38.2 Å². The third kappa shape index (κ3) is 3.20. The molecular formula is C19H19N5. The number of anilines is 2. The van der Waals surface area contributed by atoms with Gasteiger partial charge in [0.15, 0.2) is 0 Å². The van der Waals surface area contributed by atoms with Gasteiger partial charge < -0.3 is 10.2 Å². The zero-order chi connectivity index (χ0) is 16.2. The van der Waals surface area contributed by atoms with Crippen molar-refractivity contribution in [3.8, 4) is 0 Å². The molecule has 0 aliphatic carbocycles. The number of hydrogen-bond acceptors (Lipinski definition) is 5. The molecule has 2 aromatic heterocycles. The van der Waals surface area contributed by atoms with E-state index in [-0.39, 0.29) is 0 Å². The molecule has 4 rings (SSSR count). The van der Waals surface area contributed by atoms with Gasteiger partial charge in [-0.2, -0.15) is 4.98 Å². The second-order valence-electron chi connectivity index (χ2n) is 5.90. The Morgan fingerprint density at radius 3 is 2.79 bits per heavy atom. The molecule has 0 atom stereocenters. The molecular weight excluding hydrogens is 298 g/mol. The molecule has 24 heavy (non-hydrogen) atoms. The third-order valence-electron chi connectivity index (χ3n) is 4.25. The number of benzene rings is 1. The summed E-state index contributed by atoms with van der Waals surface area (Å²) in [6.45, 7) is 2.51. The van der Waals surface area contributed by atoms with Gasteiger partial charge in [0.05, 0.1) is 0 Å². The minimum Gasteiger partial charge on any atom is -0.366 e. The zero-order valence-corrected chi connectivity index (χ0v) is 13.4. The van der Waals surface area contributed by atoms with Gasteiger partial charge in [-0.1, -0.05) is 30.3 Å². The largest absolute Gasteiger partial charge is 0.366 e. The molecule has 3 aromatic rings. The van der Waals surface area contributed by atoms with Crippen molar-refractivity contribution in [2.45, 2.75) is 19.5 Å². The highest BCUT2D eigenvalue weighted by atomic mass is 15.3. The molecule has 0 spiro atoms. The molecule has 0 amide bonds. The van der Waals surface area contributed by atoms with Gasteiger partial charge in [-0.15, -0.1) is 0 Å². The molecule has 3 heterocycles. The first kappa shape index (κ1) is 14.6. The van der Waals surface area contributed by atoms with Crippen LogP contribution in [0.25, 0.3) is 0 Å². The van der Waals surface area contributed by atoms with Crippen molar-refractivity contribution in [2.75, 3.05) is 16.8 Å². The van der Waals surface area contributed by atoms with Crippen LogP contribution in [0, 0.1) is 0 Å². The summed E-state index contributed by atoms with van der Waals surface area (Å²) in [6.07, 6.45) is 6.48. The second-order valence-corrected chi connectivity index (χ2v) is 5.90. The minimum absolute atomic E-state index is 0.702. The molecule has 5 heteroatoms. The van der Waals surface area contributed by atoms with Crippen molar-refractivity contribution in [2.24, 2.45) is 0 Å². The van der Waals surface area contributed by atoms with E-state index in [1.165, 1.54) is 11.1 Å². The van der Waals surface area contributed by atoms with E-state index >= 15 is 0 Å². The molecule has 0 bridgehead atoms. The van der Waals surface area contributed by atoms with Crippen LogP contribution in [-0.2, 0) is 19.5 Å². The quantitative estimate of drug-likeness (QED) is 0.801. The number of nitrogens with one attached hydrogen (secondary N) is 1. The monoisotopic (exact) mass is 317 g/mol. The van der Waals surface area contributed by atoms with E-state index in [1.54, 1.807) is 6.20 Å². The lowest BCUT2D eigenvalue weighted by atomic mass is 10.0. The highest BCUT2D eigenvalue weighted by Gasteiger charge is 2.18. The van der Waals surface area contributed by atoms with E-state index in [9.17, 15) is 0 Å². The molecule has 1 N–H and O–H groups in total. The number of aromatic nitrogens is 3. The number of pyridine rings is 1. The van der Waals surface area contributed by atoms with E-state index in [2.05, 4.69) is 49.4 Å². The molecule has 0 saturated heterocycles. The third-order valence-corrected chi connectivity index (χ3v) is 4.25. The van der Waals surface area contributed by atoms with Gasteiger partial charge >= 0.3 is 0 Å². The normalized spacial score (nSPS) is 13.4. The van der Waals surface area contributed by atoms with Crippen LogP contribution >= 0.6 is 0 Å². The van der Waals surface area contributed by atoms with Crippen LogP contribution in [0.3, 0.4) is 0 Å². The maximum absolute atomic E-state index is 4.67. The lowest BCUT2D eigenvalue weighted by molar-refractivity contribution is 0.708. The highest BCUT2D eigenvalue weighted by Crippen LogP contribution is 2.22. The van der Waals surface area contributed by atoms with Gasteiger partial charge in [0.25, 0.3) is 0 Å².